The number of carbonyl (C=O) groups excluding carboxylic acids is 1. The van der Waals surface area contributed by atoms with Gasteiger partial charge in [-0.15, -0.1) is 18.3 Å². The van der Waals surface area contributed by atoms with E-state index in [1.807, 2.05) is 38.1 Å². The Labute approximate surface area is 239 Å². The predicted molar refractivity (Wildman–Crippen MR) is 151 cm³/mol. The number of aryl methyl sites for hydroxylation is 1. The highest BCUT2D eigenvalue weighted by Gasteiger charge is 2.31. The van der Waals surface area contributed by atoms with Crippen molar-refractivity contribution in [1.29, 1.82) is 0 Å². The number of rotatable bonds is 9. The minimum Gasteiger partial charge on any atom is -0.406 e. The Kier molecular flexibility index (Phi) is 9.33. The number of amides is 2. The van der Waals surface area contributed by atoms with E-state index in [2.05, 4.69) is 25.5 Å². The molecular formula is C29H27F4N5O2S. The third-order valence-corrected chi connectivity index (χ3v) is 6.37. The van der Waals surface area contributed by atoms with E-state index in [1.54, 1.807) is 6.07 Å². The summed E-state index contributed by atoms with van der Waals surface area (Å²) in [6, 6.07) is 16.8. The number of thiocarbonyl (C=S) groups is 1. The van der Waals surface area contributed by atoms with Gasteiger partial charge in [0.1, 0.15) is 22.9 Å². The second-order valence-electron chi connectivity index (χ2n) is 9.45. The molecule has 214 valence electrons. The summed E-state index contributed by atoms with van der Waals surface area (Å²) in [7, 11) is 0. The number of nitrogens with one attached hydrogen (secondary N) is 2. The van der Waals surface area contributed by atoms with Crippen molar-refractivity contribution in [2.24, 2.45) is 0 Å². The highest BCUT2D eigenvalue weighted by Crippen LogP contribution is 2.24. The molecule has 0 atom stereocenters. The molecule has 7 nitrogen and oxygen atoms in total. The fourth-order valence-electron chi connectivity index (χ4n) is 4.11. The summed E-state index contributed by atoms with van der Waals surface area (Å²) in [5.41, 5.74) is 3.65. The molecular weight excluding hydrogens is 558 g/mol. The molecule has 4 rings (SSSR count). The van der Waals surface area contributed by atoms with E-state index in [1.165, 1.54) is 47.4 Å². The van der Waals surface area contributed by atoms with Crippen molar-refractivity contribution in [3.05, 3.63) is 95.6 Å². The van der Waals surface area contributed by atoms with E-state index in [4.69, 9.17) is 12.2 Å². The van der Waals surface area contributed by atoms with E-state index in [0.717, 1.165) is 16.7 Å². The lowest BCUT2D eigenvalue weighted by Crippen LogP contribution is -2.39. The Balaban J connectivity index is 1.28. The summed E-state index contributed by atoms with van der Waals surface area (Å²) >= 11 is 5.37. The molecule has 0 bridgehead atoms. The maximum Gasteiger partial charge on any atom is 0.573 e. The number of nitrogens with zero attached hydrogens (tertiary/aromatic N) is 3. The van der Waals surface area contributed by atoms with E-state index in [9.17, 15) is 22.4 Å². The first kappa shape index (κ1) is 29.7. The standard InChI is InChI=1S/C29H27F4N5O2S/c1-18(2)25-16-21(30)8-13-24(25)27(41)36-28(39)34-14-4-6-19-5-3-7-20(15-19)26-35-17-38(37-26)22-9-11-23(12-10-22)40-29(31,32)33/h3,5,7-13,15-18H,4,6,14H2,1-2H3,(H2,34,36,39,41). The molecule has 2 amide bonds. The molecule has 12 heteroatoms. The van der Waals surface area contributed by atoms with Gasteiger partial charge >= 0.3 is 12.4 Å². The summed E-state index contributed by atoms with van der Waals surface area (Å²) in [4.78, 5) is 16.9. The van der Waals surface area contributed by atoms with Gasteiger partial charge in [-0.05, 0) is 78.4 Å². The predicted octanol–water partition coefficient (Wildman–Crippen LogP) is 6.70. The molecule has 0 fully saturated rings. The third-order valence-electron chi connectivity index (χ3n) is 6.05. The quantitative estimate of drug-likeness (QED) is 0.130. The lowest BCUT2D eigenvalue weighted by atomic mass is 9.97. The number of urea groups is 1. The van der Waals surface area contributed by atoms with Crippen molar-refractivity contribution >= 4 is 23.2 Å². The van der Waals surface area contributed by atoms with Gasteiger partial charge in [0.25, 0.3) is 0 Å². The van der Waals surface area contributed by atoms with Crippen molar-refractivity contribution in [3.63, 3.8) is 0 Å². The molecule has 1 heterocycles. The van der Waals surface area contributed by atoms with Gasteiger partial charge in [0.05, 0.1) is 5.69 Å². The second-order valence-corrected chi connectivity index (χ2v) is 9.86. The molecule has 0 spiro atoms. The van der Waals surface area contributed by atoms with Gasteiger partial charge in [-0.1, -0.05) is 44.3 Å². The minimum absolute atomic E-state index is 0.0384. The first-order valence-corrected chi connectivity index (χ1v) is 13.1. The molecule has 0 aliphatic rings. The second kappa shape index (κ2) is 12.9. The number of aromatic nitrogens is 3. The van der Waals surface area contributed by atoms with Crippen LogP contribution in [0.4, 0.5) is 22.4 Å². The number of halogens is 4. The lowest BCUT2D eigenvalue weighted by molar-refractivity contribution is -0.274. The smallest absolute Gasteiger partial charge is 0.406 e. The zero-order chi connectivity index (χ0) is 29.6. The van der Waals surface area contributed by atoms with Crippen LogP contribution in [0.25, 0.3) is 17.1 Å². The van der Waals surface area contributed by atoms with Crippen LogP contribution in [-0.4, -0.2) is 38.7 Å². The molecule has 0 aliphatic heterocycles. The maximum absolute atomic E-state index is 13.6. The van der Waals surface area contributed by atoms with E-state index in [0.29, 0.717) is 36.5 Å². The normalized spacial score (nSPS) is 11.4. The van der Waals surface area contributed by atoms with Crippen LogP contribution < -0.4 is 15.4 Å². The number of hydrogen-bond acceptors (Lipinski definition) is 5. The van der Waals surface area contributed by atoms with E-state index < -0.39 is 12.4 Å². The molecule has 2 N–H and O–H groups in total. The van der Waals surface area contributed by atoms with Gasteiger partial charge in [0.2, 0.25) is 0 Å². The van der Waals surface area contributed by atoms with Gasteiger partial charge in [-0.3, -0.25) is 5.32 Å². The zero-order valence-corrected chi connectivity index (χ0v) is 23.0. The van der Waals surface area contributed by atoms with Gasteiger partial charge < -0.3 is 10.1 Å². The topological polar surface area (TPSA) is 81.1 Å². The molecule has 0 unspecified atom stereocenters. The fourth-order valence-corrected chi connectivity index (χ4v) is 4.39. The summed E-state index contributed by atoms with van der Waals surface area (Å²) in [6.07, 6.45) is -1.95. The van der Waals surface area contributed by atoms with Crippen molar-refractivity contribution in [3.8, 4) is 22.8 Å². The third kappa shape index (κ3) is 8.34. The molecule has 0 radical (unpaired) electrons. The lowest BCUT2D eigenvalue weighted by Gasteiger charge is -2.15. The highest BCUT2D eigenvalue weighted by molar-refractivity contribution is 7.80. The maximum atomic E-state index is 13.6. The number of ether oxygens (including phenoxy) is 1. The van der Waals surface area contributed by atoms with E-state index >= 15 is 0 Å². The van der Waals surface area contributed by atoms with Crippen LogP contribution in [0.3, 0.4) is 0 Å². The highest BCUT2D eigenvalue weighted by atomic mass is 32.1. The van der Waals surface area contributed by atoms with Crippen LogP contribution in [0.5, 0.6) is 5.75 Å². The van der Waals surface area contributed by atoms with Crippen LogP contribution in [0, 0.1) is 5.82 Å². The number of carbonyl (C=O) groups is 1. The first-order valence-electron chi connectivity index (χ1n) is 12.7. The molecule has 0 saturated carbocycles. The van der Waals surface area contributed by atoms with Crippen molar-refractivity contribution in [1.82, 2.24) is 25.4 Å². The summed E-state index contributed by atoms with van der Waals surface area (Å²) in [5, 5.41) is 9.87. The fraction of sp³-hybridized carbons (Fsp3) is 0.241. The average molecular weight is 586 g/mol. The zero-order valence-electron chi connectivity index (χ0n) is 22.2. The van der Waals surface area contributed by atoms with Crippen LogP contribution in [0.1, 0.15) is 42.9 Å². The SMILES string of the molecule is CC(C)c1cc(F)ccc1C(=S)NC(=O)NCCCc1cccc(-c2ncn(-c3ccc(OC(F)(F)F)cc3)n2)c1. The van der Waals surface area contributed by atoms with Crippen molar-refractivity contribution in [2.45, 2.75) is 39.0 Å². The molecule has 0 aliphatic carbocycles. The molecule has 0 saturated heterocycles. The first-order chi connectivity index (χ1) is 19.5. The molecule has 3 aromatic carbocycles. The Bertz CT molecular complexity index is 1520. The Hall–Kier alpha value is -4.32. The number of alkyl halides is 3. The summed E-state index contributed by atoms with van der Waals surface area (Å²) in [5.74, 6) is -0.185. The average Bonchev–Trinajstić information content (AvgIpc) is 3.41. The van der Waals surface area contributed by atoms with Crippen LogP contribution in [0.15, 0.2) is 73.1 Å². The Morgan fingerprint density at radius 1 is 1.07 bits per heavy atom. The Morgan fingerprint density at radius 2 is 1.83 bits per heavy atom. The minimum atomic E-state index is -4.76. The van der Waals surface area contributed by atoms with Crippen LogP contribution in [0.2, 0.25) is 0 Å². The van der Waals surface area contributed by atoms with Gasteiger partial charge in [-0.2, -0.15) is 0 Å². The summed E-state index contributed by atoms with van der Waals surface area (Å²) < 4.78 is 56.2. The summed E-state index contributed by atoms with van der Waals surface area (Å²) in [6.45, 7) is 4.26. The molecule has 1 aromatic heterocycles. The Morgan fingerprint density at radius 3 is 2.54 bits per heavy atom. The van der Waals surface area contributed by atoms with Gasteiger partial charge in [-0.25, -0.2) is 18.9 Å². The van der Waals surface area contributed by atoms with Crippen LogP contribution >= 0.6 is 12.2 Å². The van der Waals surface area contributed by atoms with Gasteiger partial charge in [0.15, 0.2) is 5.82 Å². The molecule has 41 heavy (non-hydrogen) atoms. The van der Waals surface area contributed by atoms with Crippen molar-refractivity contribution in [2.75, 3.05) is 6.54 Å². The van der Waals surface area contributed by atoms with Crippen LogP contribution in [-0.2, 0) is 6.42 Å². The largest absolute Gasteiger partial charge is 0.573 e. The van der Waals surface area contributed by atoms with E-state index in [-0.39, 0.29) is 22.5 Å². The number of hydrogen-bond donors (Lipinski definition) is 2. The molecule has 4 aromatic rings. The van der Waals surface area contributed by atoms with Gasteiger partial charge in [0, 0.05) is 17.7 Å². The monoisotopic (exact) mass is 585 g/mol. The number of benzene rings is 3. The van der Waals surface area contributed by atoms with Crippen molar-refractivity contribution < 1.29 is 27.1 Å².